The summed E-state index contributed by atoms with van der Waals surface area (Å²) in [5.74, 6) is 0.342. The summed E-state index contributed by atoms with van der Waals surface area (Å²) >= 11 is 0. The van der Waals surface area contributed by atoms with Gasteiger partial charge in [0.05, 0.1) is 5.56 Å². The van der Waals surface area contributed by atoms with Gasteiger partial charge in [-0.05, 0) is 38.6 Å². The Morgan fingerprint density at radius 3 is 3.00 bits per heavy atom. The smallest absolute Gasteiger partial charge is 0.250 e. The first-order valence-electron chi connectivity index (χ1n) is 5.87. The van der Waals surface area contributed by atoms with Gasteiger partial charge in [0, 0.05) is 18.8 Å². The molecule has 2 heterocycles. The number of anilines is 1. The Kier molecular flexibility index (Phi) is 3.58. The summed E-state index contributed by atoms with van der Waals surface area (Å²) in [6.07, 6.45) is 3.99. The van der Waals surface area contributed by atoms with Crippen LogP contribution in [0.3, 0.4) is 0 Å². The van der Waals surface area contributed by atoms with E-state index in [0.29, 0.717) is 11.6 Å². The quantitative estimate of drug-likeness (QED) is 0.804. The Balaban J connectivity index is 1.88. The van der Waals surface area contributed by atoms with Gasteiger partial charge in [-0.25, -0.2) is 4.98 Å². The van der Waals surface area contributed by atoms with Gasteiger partial charge in [-0.3, -0.25) is 4.79 Å². The molecule has 0 bridgehead atoms. The number of amides is 1. The van der Waals surface area contributed by atoms with Crippen LogP contribution in [0.4, 0.5) is 5.82 Å². The molecule has 1 aliphatic rings. The van der Waals surface area contributed by atoms with Crippen molar-refractivity contribution in [3.63, 3.8) is 0 Å². The highest BCUT2D eigenvalue weighted by Crippen LogP contribution is 2.15. The fourth-order valence-corrected chi connectivity index (χ4v) is 2.10. The van der Waals surface area contributed by atoms with Crippen molar-refractivity contribution in [2.45, 2.75) is 18.9 Å². The van der Waals surface area contributed by atoms with Crippen LogP contribution in [0.5, 0.6) is 0 Å². The van der Waals surface area contributed by atoms with Gasteiger partial charge in [-0.1, -0.05) is 0 Å². The Morgan fingerprint density at radius 1 is 1.65 bits per heavy atom. The molecule has 0 radical (unpaired) electrons. The second-order valence-corrected chi connectivity index (χ2v) is 4.45. The van der Waals surface area contributed by atoms with E-state index in [1.165, 1.54) is 25.6 Å². The van der Waals surface area contributed by atoms with Gasteiger partial charge in [-0.15, -0.1) is 0 Å². The summed E-state index contributed by atoms with van der Waals surface area (Å²) in [5, 5.41) is 3.28. The molecular formula is C12H18N4O. The van der Waals surface area contributed by atoms with Gasteiger partial charge < -0.3 is 16.0 Å². The summed E-state index contributed by atoms with van der Waals surface area (Å²) in [6.45, 7) is 2.06. The topological polar surface area (TPSA) is 71.2 Å². The van der Waals surface area contributed by atoms with E-state index < -0.39 is 5.91 Å². The van der Waals surface area contributed by atoms with Crippen LogP contribution in [0.25, 0.3) is 0 Å². The highest BCUT2D eigenvalue weighted by molar-refractivity contribution is 5.92. The fraction of sp³-hybridized carbons (Fsp3) is 0.500. The van der Waals surface area contributed by atoms with E-state index in [4.69, 9.17) is 5.73 Å². The molecule has 1 aliphatic heterocycles. The molecule has 1 saturated heterocycles. The number of hydrogen-bond acceptors (Lipinski definition) is 4. The number of hydrogen-bond donors (Lipinski definition) is 2. The van der Waals surface area contributed by atoms with E-state index in [2.05, 4.69) is 22.2 Å². The molecule has 0 aromatic carbocycles. The average Bonchev–Trinajstić information content (AvgIpc) is 2.73. The van der Waals surface area contributed by atoms with Crippen molar-refractivity contribution in [2.24, 2.45) is 5.73 Å². The number of likely N-dealkylation sites (tertiary alicyclic amines) is 1. The van der Waals surface area contributed by atoms with Crippen molar-refractivity contribution < 1.29 is 4.79 Å². The summed E-state index contributed by atoms with van der Waals surface area (Å²) in [7, 11) is 2.14. The van der Waals surface area contributed by atoms with Gasteiger partial charge in [0.25, 0.3) is 0 Å². The SMILES string of the molecule is CN1CCCC1CNc1ccc(C(N)=O)cn1. The van der Waals surface area contributed by atoms with Gasteiger partial charge in [0.15, 0.2) is 0 Å². The molecule has 1 fully saturated rings. The molecule has 5 nitrogen and oxygen atoms in total. The molecule has 17 heavy (non-hydrogen) atoms. The predicted octanol–water partition coefficient (Wildman–Crippen LogP) is 0.687. The number of nitrogens with one attached hydrogen (secondary N) is 1. The van der Waals surface area contributed by atoms with E-state index in [9.17, 15) is 4.79 Å². The molecule has 0 spiro atoms. The number of nitrogens with two attached hydrogens (primary N) is 1. The molecule has 92 valence electrons. The maximum absolute atomic E-state index is 10.9. The Bertz CT molecular complexity index is 390. The summed E-state index contributed by atoms with van der Waals surface area (Å²) in [6, 6.07) is 4.05. The Labute approximate surface area is 101 Å². The third-order valence-electron chi connectivity index (χ3n) is 3.24. The van der Waals surface area contributed by atoms with Gasteiger partial charge in [-0.2, -0.15) is 0 Å². The van der Waals surface area contributed by atoms with Gasteiger partial charge >= 0.3 is 0 Å². The lowest BCUT2D eigenvalue weighted by Crippen LogP contribution is -2.31. The molecular weight excluding hydrogens is 216 g/mol. The highest BCUT2D eigenvalue weighted by atomic mass is 16.1. The number of carbonyl (C=O) groups excluding carboxylic acids is 1. The minimum absolute atomic E-state index is 0.438. The maximum atomic E-state index is 10.9. The number of aromatic nitrogens is 1. The van der Waals surface area contributed by atoms with E-state index in [1.54, 1.807) is 12.1 Å². The first kappa shape index (κ1) is 11.9. The van der Waals surface area contributed by atoms with Crippen LogP contribution in [0.2, 0.25) is 0 Å². The zero-order valence-corrected chi connectivity index (χ0v) is 10.0. The van der Waals surface area contributed by atoms with Crippen molar-refractivity contribution >= 4 is 11.7 Å². The van der Waals surface area contributed by atoms with E-state index in [-0.39, 0.29) is 0 Å². The van der Waals surface area contributed by atoms with Crippen LogP contribution in [0, 0.1) is 0 Å². The number of likely N-dealkylation sites (N-methyl/N-ethyl adjacent to an activating group) is 1. The van der Waals surface area contributed by atoms with Crippen LogP contribution < -0.4 is 11.1 Å². The largest absolute Gasteiger partial charge is 0.369 e. The maximum Gasteiger partial charge on any atom is 0.250 e. The molecule has 1 aromatic rings. The zero-order chi connectivity index (χ0) is 12.3. The lowest BCUT2D eigenvalue weighted by atomic mass is 10.2. The Hall–Kier alpha value is -1.62. The Morgan fingerprint density at radius 2 is 2.47 bits per heavy atom. The highest BCUT2D eigenvalue weighted by Gasteiger charge is 2.20. The third kappa shape index (κ3) is 2.94. The molecule has 0 saturated carbocycles. The predicted molar refractivity (Wildman–Crippen MR) is 66.9 cm³/mol. The molecule has 1 aromatic heterocycles. The molecule has 1 amide bonds. The lowest BCUT2D eigenvalue weighted by molar-refractivity contribution is 0.1000. The van der Waals surface area contributed by atoms with Crippen molar-refractivity contribution in [3.05, 3.63) is 23.9 Å². The third-order valence-corrected chi connectivity index (χ3v) is 3.24. The minimum Gasteiger partial charge on any atom is -0.369 e. The zero-order valence-electron chi connectivity index (χ0n) is 10.0. The monoisotopic (exact) mass is 234 g/mol. The molecule has 1 unspecified atom stereocenters. The van der Waals surface area contributed by atoms with Crippen LogP contribution in [-0.2, 0) is 0 Å². The first-order valence-corrected chi connectivity index (χ1v) is 5.87. The first-order chi connectivity index (χ1) is 8.16. The summed E-state index contributed by atoms with van der Waals surface area (Å²) in [4.78, 5) is 17.4. The van der Waals surface area contributed by atoms with Gasteiger partial charge in [0.1, 0.15) is 5.82 Å². The lowest BCUT2D eigenvalue weighted by Gasteiger charge is -2.19. The van der Waals surface area contributed by atoms with Crippen molar-refractivity contribution in [2.75, 3.05) is 25.5 Å². The van der Waals surface area contributed by atoms with E-state index >= 15 is 0 Å². The van der Waals surface area contributed by atoms with Crippen molar-refractivity contribution in [1.29, 1.82) is 0 Å². The molecule has 3 N–H and O–H groups in total. The number of primary amides is 1. The van der Waals surface area contributed by atoms with Crippen molar-refractivity contribution in [3.8, 4) is 0 Å². The molecule has 1 atom stereocenters. The van der Waals surface area contributed by atoms with E-state index in [1.807, 2.05) is 0 Å². The van der Waals surface area contributed by atoms with Gasteiger partial charge in [0.2, 0.25) is 5.91 Å². The number of nitrogens with zero attached hydrogens (tertiary/aromatic N) is 2. The summed E-state index contributed by atoms with van der Waals surface area (Å²) in [5.41, 5.74) is 5.59. The average molecular weight is 234 g/mol. The standard InChI is InChI=1S/C12H18N4O/c1-16-6-2-3-10(16)8-15-11-5-4-9(7-14-11)12(13)17/h4-5,7,10H,2-3,6,8H2,1H3,(H2,13,17)(H,14,15). The number of rotatable bonds is 4. The van der Waals surface area contributed by atoms with E-state index in [0.717, 1.165) is 12.4 Å². The second-order valence-electron chi connectivity index (χ2n) is 4.45. The fourth-order valence-electron chi connectivity index (χ4n) is 2.10. The normalized spacial score (nSPS) is 20.4. The molecule has 0 aliphatic carbocycles. The summed E-state index contributed by atoms with van der Waals surface area (Å²) < 4.78 is 0. The van der Waals surface area contributed by atoms with Crippen LogP contribution in [-0.4, -0.2) is 42.0 Å². The molecule has 2 rings (SSSR count). The van der Waals surface area contributed by atoms with Crippen LogP contribution >= 0.6 is 0 Å². The van der Waals surface area contributed by atoms with Crippen LogP contribution in [0.1, 0.15) is 23.2 Å². The van der Waals surface area contributed by atoms with Crippen molar-refractivity contribution in [1.82, 2.24) is 9.88 Å². The van der Waals surface area contributed by atoms with Crippen LogP contribution in [0.15, 0.2) is 18.3 Å². The number of pyridine rings is 1. The second kappa shape index (κ2) is 5.14. The number of carbonyl (C=O) groups is 1. The molecule has 5 heteroatoms. The minimum atomic E-state index is -0.445.